The lowest BCUT2D eigenvalue weighted by Crippen LogP contribution is -2.40. The monoisotopic (exact) mass is 1020 g/mol. The molecule has 0 radical (unpaired) electrons. The highest BCUT2D eigenvalue weighted by Gasteiger charge is 2.67. The second kappa shape index (κ2) is 16.3. The molecule has 1 unspecified atom stereocenters. The molecule has 1 amide bonds. The molecular weight excluding hydrogens is 985 g/mol. The van der Waals surface area contributed by atoms with Crippen LogP contribution in [0.1, 0.15) is 58.8 Å². The number of nitrogens with one attached hydrogen (secondary N) is 2. The van der Waals surface area contributed by atoms with E-state index in [1.807, 2.05) is 0 Å². The van der Waals surface area contributed by atoms with Crippen LogP contribution < -0.4 is 15.6 Å². The van der Waals surface area contributed by atoms with E-state index in [-0.39, 0.29) is 72.8 Å². The smallest absolute Gasteiger partial charge is 0.344 e. The van der Waals surface area contributed by atoms with E-state index >= 15 is 13.6 Å². The molecule has 69 heavy (non-hydrogen) atoms. The highest BCUT2D eigenvalue weighted by atomic mass is 35.5. The van der Waals surface area contributed by atoms with E-state index in [4.69, 9.17) is 16.6 Å². The highest BCUT2D eigenvalue weighted by Crippen LogP contribution is 2.68. The largest absolute Gasteiger partial charge is 0.455 e. The van der Waals surface area contributed by atoms with Crippen molar-refractivity contribution < 1.29 is 61.5 Å². The van der Waals surface area contributed by atoms with Gasteiger partial charge in [0.1, 0.15) is 41.9 Å². The first-order chi connectivity index (χ1) is 32.1. The summed E-state index contributed by atoms with van der Waals surface area (Å²) in [7, 11) is -2.65. The maximum absolute atomic E-state index is 15.6. The number of alkyl halides is 9. The average Bonchev–Trinajstić information content (AvgIpc) is 3.56. The number of hydrogen-bond donors (Lipinski definition) is 2. The molecule has 2 N–H and O–H groups in total. The summed E-state index contributed by atoms with van der Waals surface area (Å²) in [6.07, 6.45) is -9.07. The van der Waals surface area contributed by atoms with E-state index in [0.29, 0.717) is 15.4 Å². The fourth-order valence-electron chi connectivity index (χ4n) is 8.83. The Bertz CT molecular complexity index is 3440. The molecule has 3 atom stereocenters. The number of benzene rings is 3. The van der Waals surface area contributed by atoms with Crippen molar-refractivity contribution in [2.45, 2.75) is 69.3 Å². The van der Waals surface area contributed by atoms with Gasteiger partial charge >= 0.3 is 12.1 Å². The third-order valence-electron chi connectivity index (χ3n) is 11.8. The number of sulfonamides is 1. The SMILES string of the molecule is Cc1cc(-c2ccc3c(=O)n(-c4ccc(Cl)c5c(NS(C)(=O)=O)nn(C)c45)c([C@H](Cc4cc(F)cc(F)c4)NC(=O)Cn4nc(C(F)F)c5c4C(F)(F)C4C[C@H]54)nc3c2)nn1CC(F)(F)C(F)(F)F. The molecule has 0 bridgehead atoms. The van der Waals surface area contributed by atoms with E-state index in [0.717, 1.165) is 27.6 Å². The third-order valence-corrected chi connectivity index (χ3v) is 12.7. The molecule has 27 heteroatoms. The Hall–Kier alpha value is -6.57. The lowest BCUT2D eigenvalue weighted by atomic mass is 10.0. The molecule has 7 aromatic rings. The van der Waals surface area contributed by atoms with Crippen LogP contribution in [-0.2, 0) is 47.3 Å². The molecule has 1 fully saturated rings. The molecule has 9 rings (SSSR count). The topological polar surface area (TPSA) is 164 Å². The molecule has 4 aromatic heterocycles. The van der Waals surface area contributed by atoms with Gasteiger partial charge in [-0.3, -0.25) is 32.9 Å². The quantitative estimate of drug-likeness (QED) is 0.109. The summed E-state index contributed by atoms with van der Waals surface area (Å²) < 4.78 is 187. The van der Waals surface area contributed by atoms with Crippen LogP contribution in [0.3, 0.4) is 0 Å². The summed E-state index contributed by atoms with van der Waals surface area (Å²) in [6, 6.07) is 8.01. The first-order valence-corrected chi connectivity index (χ1v) is 22.6. The molecule has 0 saturated heterocycles. The second-order valence-corrected chi connectivity index (χ2v) is 18.9. The zero-order valence-corrected chi connectivity index (χ0v) is 37.1. The van der Waals surface area contributed by atoms with Gasteiger partial charge in [-0.25, -0.2) is 31.0 Å². The van der Waals surface area contributed by atoms with Crippen LogP contribution in [0.25, 0.3) is 38.8 Å². The maximum atomic E-state index is 15.6. The minimum absolute atomic E-state index is 0.0271. The number of amides is 1. The summed E-state index contributed by atoms with van der Waals surface area (Å²) in [5, 5.41) is 14.1. The van der Waals surface area contributed by atoms with E-state index in [1.54, 1.807) is 0 Å². The van der Waals surface area contributed by atoms with Gasteiger partial charge in [0.25, 0.3) is 17.9 Å². The van der Waals surface area contributed by atoms with Crippen molar-refractivity contribution in [3.05, 3.63) is 116 Å². The maximum Gasteiger partial charge on any atom is 0.455 e. The first kappa shape index (κ1) is 47.5. The van der Waals surface area contributed by atoms with Crippen molar-refractivity contribution in [3.8, 4) is 16.9 Å². The Morgan fingerprint density at radius 3 is 2.32 bits per heavy atom. The zero-order valence-electron chi connectivity index (χ0n) is 35.5. The van der Waals surface area contributed by atoms with Gasteiger partial charge < -0.3 is 5.32 Å². The Balaban J connectivity index is 1.24. The molecule has 3 aromatic carbocycles. The van der Waals surface area contributed by atoms with Gasteiger partial charge in [0, 0.05) is 42.3 Å². The minimum Gasteiger partial charge on any atom is -0.344 e. The van der Waals surface area contributed by atoms with E-state index < -0.39 is 112 Å². The third kappa shape index (κ3) is 8.43. The van der Waals surface area contributed by atoms with Crippen LogP contribution in [0, 0.1) is 24.5 Å². The van der Waals surface area contributed by atoms with E-state index in [2.05, 4.69) is 25.3 Å². The zero-order chi connectivity index (χ0) is 50.0. The Kier molecular flexibility index (Phi) is 11.2. The van der Waals surface area contributed by atoms with Crippen molar-refractivity contribution in [2.75, 3.05) is 11.0 Å². The van der Waals surface area contributed by atoms with Gasteiger partial charge in [-0.1, -0.05) is 17.7 Å². The molecular formula is C42H32ClF11N10O4S. The number of carbonyl (C=O) groups is 1. The molecule has 364 valence electrons. The summed E-state index contributed by atoms with van der Waals surface area (Å²) in [5.41, 5.74) is -3.95. The van der Waals surface area contributed by atoms with Crippen molar-refractivity contribution in [1.29, 1.82) is 0 Å². The fraction of sp³-hybridized carbons (Fsp3) is 0.333. The van der Waals surface area contributed by atoms with Crippen molar-refractivity contribution in [2.24, 2.45) is 13.0 Å². The van der Waals surface area contributed by atoms with Gasteiger partial charge in [-0.05, 0) is 67.3 Å². The molecule has 0 spiro atoms. The predicted octanol–water partition coefficient (Wildman–Crippen LogP) is 8.39. The predicted molar refractivity (Wildman–Crippen MR) is 225 cm³/mol. The van der Waals surface area contributed by atoms with Crippen LogP contribution in [-0.4, -0.2) is 71.6 Å². The molecule has 2 aliphatic rings. The second-order valence-electron chi connectivity index (χ2n) is 16.8. The standard InChI is InChI=1S/C42H32ClF11N10O4S/c1-17-8-26(57-63(17)16-40(48,49)42(52,53)54)19-4-5-22-27(12-19)56-38(64(39(22)66)29-7-6-25(43)32-34(29)61(2)59-37(32)60-69(3,67)68)28(11-18-9-20(44)13-21(45)10-18)55-30(65)15-62-35-31(33(58-62)36(46)47)23-14-24(23)41(35,50)51/h4-10,12-13,23-24,28,36H,11,14-16H2,1-3H3,(H,55,65)(H,59,60)/t23-,24?,28-/m0/s1. The van der Waals surface area contributed by atoms with Gasteiger partial charge in [-0.15, -0.1) is 0 Å². The van der Waals surface area contributed by atoms with Crippen molar-refractivity contribution in [1.82, 2.24) is 44.2 Å². The Morgan fingerprint density at radius 2 is 1.67 bits per heavy atom. The highest BCUT2D eigenvalue weighted by molar-refractivity contribution is 7.92. The minimum atomic E-state index is -5.91. The Labute approximate surface area is 385 Å². The van der Waals surface area contributed by atoms with Crippen LogP contribution in [0.2, 0.25) is 5.02 Å². The number of carbonyl (C=O) groups excluding carboxylic acids is 1. The van der Waals surface area contributed by atoms with Crippen LogP contribution in [0.5, 0.6) is 0 Å². The van der Waals surface area contributed by atoms with Crippen molar-refractivity contribution in [3.63, 3.8) is 0 Å². The average molecular weight is 1020 g/mol. The Morgan fingerprint density at radius 1 is 0.971 bits per heavy atom. The number of hydrogen-bond acceptors (Lipinski definition) is 8. The number of aromatic nitrogens is 8. The number of rotatable bonds is 13. The number of aryl methyl sites for hydroxylation is 2. The van der Waals surface area contributed by atoms with Crippen LogP contribution in [0.4, 0.5) is 54.1 Å². The molecule has 1 saturated carbocycles. The van der Waals surface area contributed by atoms with Gasteiger partial charge in [0.2, 0.25) is 15.9 Å². The summed E-state index contributed by atoms with van der Waals surface area (Å²) >= 11 is 6.59. The van der Waals surface area contributed by atoms with Crippen LogP contribution >= 0.6 is 11.6 Å². The first-order valence-electron chi connectivity index (χ1n) is 20.3. The van der Waals surface area contributed by atoms with E-state index in [9.17, 15) is 52.7 Å². The van der Waals surface area contributed by atoms with E-state index in [1.165, 1.54) is 50.4 Å². The molecule has 14 nitrogen and oxygen atoms in total. The summed E-state index contributed by atoms with van der Waals surface area (Å²) in [6.45, 7) is -1.76. The normalized spacial score (nSPS) is 17.2. The van der Waals surface area contributed by atoms with Gasteiger partial charge in [-0.2, -0.15) is 46.0 Å². The molecule has 2 aliphatic carbocycles. The molecule has 0 aliphatic heterocycles. The number of halogens is 12. The number of anilines is 1. The molecule has 4 heterocycles. The number of nitrogens with zero attached hydrogens (tertiary/aromatic N) is 8. The lowest BCUT2D eigenvalue weighted by Gasteiger charge is -2.24. The van der Waals surface area contributed by atoms with Crippen LogP contribution in [0.15, 0.2) is 59.4 Å². The van der Waals surface area contributed by atoms with Gasteiger partial charge in [0.05, 0.1) is 50.5 Å². The summed E-state index contributed by atoms with van der Waals surface area (Å²) in [4.78, 5) is 34.0. The summed E-state index contributed by atoms with van der Waals surface area (Å²) in [5.74, 6) is -15.1. The van der Waals surface area contributed by atoms with Crippen molar-refractivity contribution >= 4 is 55.2 Å². The lowest BCUT2D eigenvalue weighted by molar-refractivity contribution is -0.287. The van der Waals surface area contributed by atoms with Gasteiger partial charge in [0.15, 0.2) is 5.82 Å². The number of fused-ring (bicyclic) bond motifs is 5. The fourth-order valence-corrected chi connectivity index (χ4v) is 9.56.